The molecule has 11 heteroatoms. The minimum absolute atomic E-state index is 0.00569. The topological polar surface area (TPSA) is 99.3 Å². The maximum Gasteiger partial charge on any atom is 0.243 e. The van der Waals surface area contributed by atoms with Crippen LogP contribution in [-0.2, 0) is 10.0 Å². The molecule has 1 saturated carbocycles. The molecule has 0 atom stereocenters. The van der Waals surface area contributed by atoms with Gasteiger partial charge in [-0.2, -0.15) is 21.1 Å². The molecule has 0 aliphatic heterocycles. The number of hydrogen-bond donors (Lipinski definition) is 3. The van der Waals surface area contributed by atoms with E-state index in [9.17, 15) is 12.8 Å². The van der Waals surface area contributed by atoms with Gasteiger partial charge < -0.3 is 16.0 Å². The quantitative estimate of drug-likeness (QED) is 0.291. The van der Waals surface area contributed by atoms with Crippen molar-refractivity contribution in [2.75, 3.05) is 36.2 Å². The van der Waals surface area contributed by atoms with Crippen molar-refractivity contribution < 1.29 is 12.8 Å². The number of hydrogen-bond acceptors (Lipinski definition) is 8. The summed E-state index contributed by atoms with van der Waals surface area (Å²) in [6, 6.07) is 14.8. The molecule has 37 heavy (non-hydrogen) atoms. The Balaban J connectivity index is 1.35. The molecule has 0 bridgehead atoms. The number of rotatable bonds is 11. The highest BCUT2D eigenvalue weighted by atomic mass is 32.2. The van der Waals surface area contributed by atoms with E-state index in [4.69, 9.17) is 0 Å². The van der Waals surface area contributed by atoms with Gasteiger partial charge in [0.1, 0.15) is 11.6 Å². The highest BCUT2D eigenvalue weighted by Gasteiger charge is 2.31. The van der Waals surface area contributed by atoms with Gasteiger partial charge in [-0.15, -0.1) is 0 Å². The van der Waals surface area contributed by atoms with Crippen LogP contribution in [0.5, 0.6) is 0 Å². The number of halogens is 1. The lowest BCUT2D eigenvalue weighted by Gasteiger charge is -2.34. The number of aromatic nitrogens is 2. The van der Waals surface area contributed by atoms with Crippen molar-refractivity contribution in [3.63, 3.8) is 0 Å². The smallest absolute Gasteiger partial charge is 0.243 e. The Morgan fingerprint density at radius 2 is 1.62 bits per heavy atom. The van der Waals surface area contributed by atoms with Crippen LogP contribution in [0.1, 0.15) is 25.7 Å². The highest BCUT2D eigenvalue weighted by Crippen LogP contribution is 2.28. The summed E-state index contributed by atoms with van der Waals surface area (Å²) in [5.41, 5.74) is 1.36. The first-order chi connectivity index (χ1) is 17.8. The van der Waals surface area contributed by atoms with E-state index < -0.39 is 10.0 Å². The van der Waals surface area contributed by atoms with Crippen LogP contribution in [0.4, 0.5) is 27.5 Å². The van der Waals surface area contributed by atoms with Crippen molar-refractivity contribution in [3.05, 3.63) is 66.6 Å². The van der Waals surface area contributed by atoms with Gasteiger partial charge in [-0.1, -0.05) is 0 Å². The van der Waals surface area contributed by atoms with Gasteiger partial charge in [0.15, 0.2) is 0 Å². The summed E-state index contributed by atoms with van der Waals surface area (Å²) in [6.07, 6.45) is 7.37. The van der Waals surface area contributed by atoms with E-state index in [0.717, 1.165) is 38.0 Å². The Bertz CT molecular complexity index is 1250. The molecular weight excluding hydrogens is 511 g/mol. The fraction of sp³-hybridized carbons (Fsp3) is 0.385. The number of benzene rings is 2. The second-order valence-corrected chi connectivity index (χ2v) is 12.0. The van der Waals surface area contributed by atoms with E-state index >= 15 is 0 Å². The summed E-state index contributed by atoms with van der Waals surface area (Å²) in [6.45, 7) is 0.991. The van der Waals surface area contributed by atoms with Gasteiger partial charge in [-0.25, -0.2) is 17.8 Å². The molecular formula is C26H33FN6O2S2. The first kappa shape index (κ1) is 27.3. The number of thioether (sulfide) groups is 1. The van der Waals surface area contributed by atoms with Crippen molar-refractivity contribution in [2.45, 2.75) is 42.7 Å². The van der Waals surface area contributed by atoms with Gasteiger partial charge in [-0.3, -0.25) is 0 Å². The lowest BCUT2D eigenvalue weighted by atomic mass is 9.91. The van der Waals surface area contributed by atoms with E-state index in [0.29, 0.717) is 29.2 Å². The standard InChI is InChI=1S/C26H33FN6O2S2/c1-33(23-11-7-20(8-12-23)28-17-18-36-2)37(34,35)24-13-9-22(10-14-24)31-26-29-16-15-25(32-26)30-21-5-3-19(27)4-6-21/h3-6,9-10,13-16,20,23,28H,7-8,11-12,17-18H2,1-2H3,(H2,29,30,31,32)/t20-,23+. The third kappa shape index (κ3) is 7.41. The van der Waals surface area contributed by atoms with E-state index in [1.54, 1.807) is 55.7 Å². The molecule has 3 N–H and O–H groups in total. The molecule has 1 aromatic heterocycles. The molecule has 8 nitrogen and oxygen atoms in total. The van der Waals surface area contributed by atoms with Crippen LogP contribution < -0.4 is 16.0 Å². The molecule has 0 saturated heterocycles. The summed E-state index contributed by atoms with van der Waals surface area (Å²) in [4.78, 5) is 8.90. The predicted octanol–water partition coefficient (Wildman–Crippen LogP) is 4.99. The number of sulfonamides is 1. The molecule has 0 amide bonds. The summed E-state index contributed by atoms with van der Waals surface area (Å²) < 4.78 is 41.2. The summed E-state index contributed by atoms with van der Waals surface area (Å²) in [5, 5.41) is 9.77. The van der Waals surface area contributed by atoms with E-state index in [2.05, 4.69) is 32.2 Å². The molecule has 1 aliphatic rings. The average molecular weight is 545 g/mol. The zero-order valence-corrected chi connectivity index (χ0v) is 22.7. The fourth-order valence-electron chi connectivity index (χ4n) is 4.38. The molecule has 3 aromatic rings. The fourth-order valence-corrected chi connectivity index (χ4v) is 6.12. The lowest BCUT2D eigenvalue weighted by molar-refractivity contribution is 0.251. The summed E-state index contributed by atoms with van der Waals surface area (Å²) >= 11 is 1.82. The Morgan fingerprint density at radius 1 is 0.973 bits per heavy atom. The van der Waals surface area contributed by atoms with E-state index in [-0.39, 0.29) is 16.8 Å². The third-order valence-corrected chi connectivity index (χ3v) is 9.05. The highest BCUT2D eigenvalue weighted by molar-refractivity contribution is 7.98. The molecule has 198 valence electrons. The first-order valence-electron chi connectivity index (χ1n) is 12.3. The lowest BCUT2D eigenvalue weighted by Crippen LogP contribution is -2.43. The van der Waals surface area contributed by atoms with Crippen molar-refractivity contribution in [3.8, 4) is 0 Å². The Kier molecular flexibility index (Phi) is 9.36. The maximum atomic E-state index is 13.3. The summed E-state index contributed by atoms with van der Waals surface area (Å²) in [5.74, 6) is 1.67. The second kappa shape index (κ2) is 12.7. The molecule has 0 unspecified atom stereocenters. The Morgan fingerprint density at radius 3 is 2.30 bits per heavy atom. The second-order valence-electron chi connectivity index (χ2n) is 9.02. The first-order valence-corrected chi connectivity index (χ1v) is 15.1. The molecule has 1 aliphatic carbocycles. The van der Waals surface area contributed by atoms with Gasteiger partial charge in [-0.05, 0) is 86.5 Å². The van der Waals surface area contributed by atoms with Gasteiger partial charge in [0.05, 0.1) is 4.90 Å². The van der Waals surface area contributed by atoms with Crippen molar-refractivity contribution in [1.29, 1.82) is 0 Å². The Labute approximate surface area is 222 Å². The van der Waals surface area contributed by atoms with Crippen molar-refractivity contribution in [1.82, 2.24) is 19.6 Å². The van der Waals surface area contributed by atoms with Crippen LogP contribution in [0.2, 0.25) is 0 Å². The SMILES string of the molecule is CSCCN[C@H]1CC[C@@H](N(C)S(=O)(=O)c2ccc(Nc3nccc(Nc4ccc(F)cc4)n3)cc2)CC1. The van der Waals surface area contributed by atoms with Gasteiger partial charge >= 0.3 is 0 Å². The molecule has 1 fully saturated rings. The minimum Gasteiger partial charge on any atom is -0.340 e. The van der Waals surface area contributed by atoms with Crippen molar-refractivity contribution >= 4 is 44.9 Å². The largest absolute Gasteiger partial charge is 0.340 e. The van der Waals surface area contributed by atoms with Gasteiger partial charge in [0.25, 0.3) is 0 Å². The molecule has 0 radical (unpaired) electrons. The van der Waals surface area contributed by atoms with Crippen LogP contribution in [0.25, 0.3) is 0 Å². The van der Waals surface area contributed by atoms with E-state index in [1.807, 2.05) is 11.8 Å². The molecule has 2 aromatic carbocycles. The number of anilines is 4. The maximum absolute atomic E-state index is 13.3. The normalized spacial score (nSPS) is 18.1. The number of nitrogens with zero attached hydrogens (tertiary/aromatic N) is 3. The average Bonchev–Trinajstić information content (AvgIpc) is 2.91. The summed E-state index contributed by atoms with van der Waals surface area (Å²) in [7, 11) is -1.92. The molecule has 4 rings (SSSR count). The molecule has 0 spiro atoms. The third-order valence-electron chi connectivity index (χ3n) is 6.51. The van der Waals surface area contributed by atoms with Crippen LogP contribution in [0.15, 0.2) is 65.7 Å². The Hall–Kier alpha value is -2.73. The van der Waals surface area contributed by atoms with Gasteiger partial charge in [0, 0.05) is 49.0 Å². The predicted molar refractivity (Wildman–Crippen MR) is 149 cm³/mol. The van der Waals surface area contributed by atoms with Crippen molar-refractivity contribution in [2.24, 2.45) is 0 Å². The van der Waals surface area contributed by atoms with Gasteiger partial charge in [0.2, 0.25) is 16.0 Å². The molecule has 1 heterocycles. The minimum atomic E-state index is -3.60. The van der Waals surface area contributed by atoms with E-state index in [1.165, 1.54) is 16.4 Å². The monoisotopic (exact) mass is 544 g/mol. The zero-order chi connectivity index (χ0) is 26.3. The van der Waals surface area contributed by atoms with Crippen LogP contribution in [0.3, 0.4) is 0 Å². The number of nitrogens with one attached hydrogen (secondary N) is 3. The van der Waals surface area contributed by atoms with Crippen LogP contribution in [0, 0.1) is 5.82 Å². The van der Waals surface area contributed by atoms with Crippen LogP contribution in [-0.4, -0.2) is 60.4 Å². The van der Waals surface area contributed by atoms with Crippen LogP contribution >= 0.6 is 11.8 Å². The zero-order valence-electron chi connectivity index (χ0n) is 21.0.